The lowest BCUT2D eigenvalue weighted by Gasteiger charge is -2.10. The van der Waals surface area contributed by atoms with E-state index >= 15 is 0 Å². The Morgan fingerprint density at radius 2 is 1.60 bits per heavy atom. The lowest BCUT2D eigenvalue weighted by molar-refractivity contribution is 0.301. The van der Waals surface area contributed by atoms with Gasteiger partial charge in [0.05, 0.1) is 24.8 Å². The molecule has 0 saturated carbocycles. The number of hydrogen-bond donors (Lipinski definition) is 0. The zero-order valence-electron chi connectivity index (χ0n) is 15.2. The van der Waals surface area contributed by atoms with Gasteiger partial charge in [-0.3, -0.25) is 0 Å². The minimum absolute atomic E-state index is 0. The number of aryl methyl sites for hydroxylation is 4. The zero-order valence-corrected chi connectivity index (χ0v) is 16.0. The van der Waals surface area contributed by atoms with Crippen molar-refractivity contribution < 1.29 is 9.47 Å². The summed E-state index contributed by atoms with van der Waals surface area (Å²) < 4.78 is 13.2. The number of fused-ring (bicyclic) bond motifs is 1. The van der Waals surface area contributed by atoms with Crippen molar-refractivity contribution in [2.75, 3.05) is 13.7 Å². The summed E-state index contributed by atoms with van der Waals surface area (Å²) in [6.45, 7) is 7.92. The second-order valence-corrected chi connectivity index (χ2v) is 6.11. The van der Waals surface area contributed by atoms with Crippen molar-refractivity contribution in [2.45, 2.75) is 33.7 Å². The Morgan fingerprint density at radius 3 is 2.28 bits per heavy atom. The van der Waals surface area contributed by atoms with Crippen LogP contribution in [0.3, 0.4) is 0 Å². The Balaban J connectivity index is 0.00000225. The molecule has 1 aromatic heterocycles. The van der Waals surface area contributed by atoms with Gasteiger partial charge in [0.15, 0.2) is 0 Å². The molecule has 0 aliphatic carbocycles. The van der Waals surface area contributed by atoms with Crippen molar-refractivity contribution in [3.63, 3.8) is 0 Å². The van der Waals surface area contributed by atoms with Crippen LogP contribution in [0.1, 0.15) is 23.4 Å². The van der Waals surface area contributed by atoms with Crippen LogP contribution in [0.5, 0.6) is 11.5 Å². The zero-order chi connectivity index (χ0) is 17.1. The molecule has 134 valence electrons. The van der Waals surface area contributed by atoms with Gasteiger partial charge in [-0.25, -0.2) is 4.98 Å². The Bertz CT molecular complexity index is 841. The molecule has 0 N–H and O–H groups in total. The number of aromatic nitrogens is 2. The van der Waals surface area contributed by atoms with Gasteiger partial charge in [-0.05, 0) is 74.7 Å². The summed E-state index contributed by atoms with van der Waals surface area (Å²) in [7, 11) is 1.66. The van der Waals surface area contributed by atoms with E-state index in [2.05, 4.69) is 42.5 Å². The molecular formula is C20H25ClN2O2. The summed E-state index contributed by atoms with van der Waals surface area (Å²) in [5, 5.41) is 0. The summed E-state index contributed by atoms with van der Waals surface area (Å²) in [6, 6.07) is 12.1. The molecule has 0 saturated heterocycles. The maximum Gasteiger partial charge on any atom is 0.119 e. The van der Waals surface area contributed by atoms with E-state index in [9.17, 15) is 0 Å². The fraction of sp³-hybridized carbons (Fsp3) is 0.350. The van der Waals surface area contributed by atoms with Gasteiger partial charge < -0.3 is 14.0 Å². The van der Waals surface area contributed by atoms with Crippen molar-refractivity contribution in [1.82, 2.24) is 9.55 Å². The Kier molecular flexibility index (Phi) is 6.32. The number of benzene rings is 2. The van der Waals surface area contributed by atoms with E-state index in [1.54, 1.807) is 7.11 Å². The lowest BCUT2D eigenvalue weighted by Crippen LogP contribution is -2.06. The summed E-state index contributed by atoms with van der Waals surface area (Å²) in [6.07, 6.45) is 0.936. The molecular weight excluding hydrogens is 336 g/mol. The fourth-order valence-electron chi connectivity index (χ4n) is 2.87. The van der Waals surface area contributed by atoms with E-state index in [1.807, 2.05) is 24.3 Å². The van der Waals surface area contributed by atoms with Gasteiger partial charge in [-0.2, -0.15) is 0 Å². The summed E-state index contributed by atoms with van der Waals surface area (Å²) in [5.41, 5.74) is 4.87. The van der Waals surface area contributed by atoms with Crippen LogP contribution in [0.15, 0.2) is 36.4 Å². The van der Waals surface area contributed by atoms with Crippen LogP contribution in [0.2, 0.25) is 0 Å². The number of hydrogen-bond acceptors (Lipinski definition) is 3. The Labute approximate surface area is 155 Å². The third-order valence-electron chi connectivity index (χ3n) is 4.41. The Morgan fingerprint density at radius 1 is 0.960 bits per heavy atom. The van der Waals surface area contributed by atoms with Gasteiger partial charge in [0.25, 0.3) is 0 Å². The number of ether oxygens (including phenoxy) is 2. The van der Waals surface area contributed by atoms with Gasteiger partial charge in [0.1, 0.15) is 17.3 Å². The molecule has 0 bridgehead atoms. The van der Waals surface area contributed by atoms with Crippen LogP contribution in [-0.4, -0.2) is 23.3 Å². The maximum atomic E-state index is 5.81. The van der Waals surface area contributed by atoms with Crippen LogP contribution in [0, 0.1) is 20.8 Å². The third kappa shape index (κ3) is 4.26. The van der Waals surface area contributed by atoms with Gasteiger partial charge in [0.2, 0.25) is 0 Å². The molecule has 0 unspecified atom stereocenters. The van der Waals surface area contributed by atoms with Gasteiger partial charge >= 0.3 is 0 Å². The molecule has 0 spiro atoms. The highest BCUT2D eigenvalue weighted by atomic mass is 35.5. The molecule has 3 aromatic rings. The van der Waals surface area contributed by atoms with Crippen LogP contribution in [0.4, 0.5) is 0 Å². The number of halogens is 1. The molecule has 0 aliphatic heterocycles. The van der Waals surface area contributed by atoms with Crippen LogP contribution < -0.4 is 9.47 Å². The molecule has 3 rings (SSSR count). The first-order chi connectivity index (χ1) is 11.6. The molecule has 5 heteroatoms. The average Bonchev–Trinajstić information content (AvgIpc) is 2.87. The van der Waals surface area contributed by atoms with Crippen molar-refractivity contribution in [3.05, 3.63) is 53.3 Å². The summed E-state index contributed by atoms with van der Waals surface area (Å²) in [5.74, 6) is 2.77. The molecule has 1 heterocycles. The first-order valence-corrected chi connectivity index (χ1v) is 8.29. The molecule has 0 atom stereocenters. The first kappa shape index (κ1) is 19.1. The molecule has 0 amide bonds. The monoisotopic (exact) mass is 360 g/mol. The number of methoxy groups -OCH3 is 1. The summed E-state index contributed by atoms with van der Waals surface area (Å²) in [4.78, 5) is 4.68. The second-order valence-electron chi connectivity index (χ2n) is 6.11. The van der Waals surface area contributed by atoms with E-state index in [0.29, 0.717) is 6.61 Å². The predicted octanol–water partition coefficient (Wildman–Crippen LogP) is 4.86. The summed E-state index contributed by atoms with van der Waals surface area (Å²) >= 11 is 0. The highest BCUT2D eigenvalue weighted by Crippen LogP contribution is 2.21. The minimum Gasteiger partial charge on any atom is -0.497 e. The van der Waals surface area contributed by atoms with Gasteiger partial charge in [-0.1, -0.05) is 0 Å². The van der Waals surface area contributed by atoms with Crippen LogP contribution in [-0.2, 0) is 6.54 Å². The lowest BCUT2D eigenvalue weighted by atomic mass is 10.1. The average molecular weight is 361 g/mol. The highest BCUT2D eigenvalue weighted by Gasteiger charge is 2.09. The largest absolute Gasteiger partial charge is 0.497 e. The minimum atomic E-state index is 0. The van der Waals surface area contributed by atoms with Crippen molar-refractivity contribution >= 4 is 23.4 Å². The fourth-order valence-corrected chi connectivity index (χ4v) is 2.87. The van der Waals surface area contributed by atoms with Gasteiger partial charge in [0, 0.05) is 6.54 Å². The van der Waals surface area contributed by atoms with Gasteiger partial charge in [-0.15, -0.1) is 12.4 Å². The quantitative estimate of drug-likeness (QED) is 0.589. The van der Waals surface area contributed by atoms with Crippen LogP contribution >= 0.6 is 12.4 Å². The molecule has 4 nitrogen and oxygen atoms in total. The molecule has 25 heavy (non-hydrogen) atoms. The molecule has 0 fully saturated rings. The highest BCUT2D eigenvalue weighted by molar-refractivity contribution is 5.85. The Hall–Kier alpha value is -2.20. The second kappa shape index (κ2) is 8.26. The smallest absolute Gasteiger partial charge is 0.119 e. The normalized spacial score (nSPS) is 10.6. The SMILES string of the molecule is COc1ccc(OCCCn2c(C)nc3cc(C)c(C)cc32)cc1.Cl. The maximum absolute atomic E-state index is 5.81. The van der Waals surface area contributed by atoms with Crippen LogP contribution in [0.25, 0.3) is 11.0 Å². The van der Waals surface area contributed by atoms with E-state index in [-0.39, 0.29) is 12.4 Å². The van der Waals surface area contributed by atoms with Crippen molar-refractivity contribution in [2.24, 2.45) is 0 Å². The number of rotatable bonds is 6. The number of nitrogens with zero attached hydrogens (tertiary/aromatic N) is 2. The third-order valence-corrected chi connectivity index (χ3v) is 4.41. The van der Waals surface area contributed by atoms with E-state index in [4.69, 9.17) is 9.47 Å². The molecule has 0 aliphatic rings. The van der Waals surface area contributed by atoms with E-state index in [0.717, 1.165) is 35.8 Å². The topological polar surface area (TPSA) is 36.3 Å². The molecule has 2 aromatic carbocycles. The van der Waals surface area contributed by atoms with E-state index < -0.39 is 0 Å². The van der Waals surface area contributed by atoms with Crippen molar-refractivity contribution in [3.8, 4) is 11.5 Å². The molecule has 0 radical (unpaired) electrons. The van der Waals surface area contributed by atoms with Crippen molar-refractivity contribution in [1.29, 1.82) is 0 Å². The van der Waals surface area contributed by atoms with E-state index in [1.165, 1.54) is 16.6 Å². The number of imidazole rings is 1. The predicted molar refractivity (Wildman–Crippen MR) is 104 cm³/mol. The standard InChI is InChI=1S/C20H24N2O2.ClH/c1-14-12-19-20(13-15(14)2)22(16(3)21-19)10-5-11-24-18-8-6-17(23-4)7-9-18;/h6-9,12-13H,5,10-11H2,1-4H3;1H. The first-order valence-electron chi connectivity index (χ1n) is 8.29.